The number of rotatable bonds is 5. The van der Waals surface area contributed by atoms with Gasteiger partial charge >= 0.3 is 12.1 Å². The molecule has 0 bridgehead atoms. The molecule has 0 aliphatic rings. The van der Waals surface area contributed by atoms with Gasteiger partial charge in [0.1, 0.15) is 12.3 Å². The Hall–Kier alpha value is -3.23. The van der Waals surface area contributed by atoms with E-state index < -0.39 is 6.36 Å². The van der Waals surface area contributed by atoms with Gasteiger partial charge in [0.2, 0.25) is 5.91 Å². The van der Waals surface area contributed by atoms with E-state index in [-0.39, 0.29) is 30.4 Å². The molecule has 0 radical (unpaired) electrons. The van der Waals surface area contributed by atoms with Gasteiger partial charge in [-0.3, -0.25) is 13.9 Å². The third-order valence-electron chi connectivity index (χ3n) is 4.35. The Bertz CT molecular complexity index is 1050. The lowest BCUT2D eigenvalue weighted by Crippen LogP contribution is -2.33. The maximum atomic E-state index is 12.6. The molecule has 1 heterocycles. The summed E-state index contributed by atoms with van der Waals surface area (Å²) >= 11 is 0. The molecule has 0 atom stereocenters. The molecule has 148 valence electrons. The summed E-state index contributed by atoms with van der Waals surface area (Å²) in [6, 6.07) is 12.5. The summed E-state index contributed by atoms with van der Waals surface area (Å²) < 4.78 is 43.3. The van der Waals surface area contributed by atoms with Crippen molar-refractivity contribution in [3.63, 3.8) is 0 Å². The zero-order valence-corrected chi connectivity index (χ0v) is 15.2. The second-order valence-electron chi connectivity index (χ2n) is 6.36. The maximum Gasteiger partial charge on any atom is 0.573 e. The van der Waals surface area contributed by atoms with Crippen LogP contribution in [0.1, 0.15) is 5.56 Å². The van der Waals surface area contributed by atoms with Crippen molar-refractivity contribution in [1.29, 1.82) is 0 Å². The standard InChI is InChI=1S/C19H18F3N3O3/c1-23(11-13-7-9-14(10-8-13)28-19(20,21)22)17(26)12-25-16-6-4-3-5-15(16)24(2)18(25)27/h3-10H,11-12H2,1-2H3. The van der Waals surface area contributed by atoms with Crippen molar-refractivity contribution in [1.82, 2.24) is 14.0 Å². The second kappa shape index (κ2) is 7.41. The van der Waals surface area contributed by atoms with Gasteiger partial charge in [-0.25, -0.2) is 4.79 Å². The number of alkyl halides is 3. The van der Waals surface area contributed by atoms with Crippen LogP contribution in [0.2, 0.25) is 0 Å². The summed E-state index contributed by atoms with van der Waals surface area (Å²) in [5, 5.41) is 0. The largest absolute Gasteiger partial charge is 0.573 e. The molecule has 3 aromatic rings. The van der Waals surface area contributed by atoms with Gasteiger partial charge in [0, 0.05) is 20.6 Å². The van der Waals surface area contributed by atoms with Gasteiger partial charge in [-0.05, 0) is 29.8 Å². The number of halogens is 3. The molecule has 0 unspecified atom stereocenters. The van der Waals surface area contributed by atoms with Crippen LogP contribution in [0, 0.1) is 0 Å². The van der Waals surface area contributed by atoms with Gasteiger partial charge in [-0.15, -0.1) is 13.2 Å². The minimum atomic E-state index is -4.75. The van der Waals surface area contributed by atoms with Crippen LogP contribution in [0.4, 0.5) is 13.2 Å². The highest BCUT2D eigenvalue weighted by atomic mass is 19.4. The zero-order chi connectivity index (χ0) is 20.5. The summed E-state index contributed by atoms with van der Waals surface area (Å²) in [5.41, 5.74) is 1.72. The number of likely N-dealkylation sites (N-methyl/N-ethyl adjacent to an activating group) is 1. The Balaban J connectivity index is 1.71. The first-order valence-electron chi connectivity index (χ1n) is 8.38. The monoisotopic (exact) mass is 393 g/mol. The molecule has 2 aromatic carbocycles. The summed E-state index contributed by atoms with van der Waals surface area (Å²) in [6.45, 7) is 0.0522. The van der Waals surface area contributed by atoms with Crippen LogP contribution in [0.5, 0.6) is 5.75 Å². The van der Waals surface area contributed by atoms with Gasteiger partial charge < -0.3 is 9.64 Å². The molecule has 0 aliphatic carbocycles. The fraction of sp³-hybridized carbons (Fsp3) is 0.263. The summed E-state index contributed by atoms with van der Waals surface area (Å²) in [5.74, 6) is -0.624. The molecule has 3 rings (SSSR count). The van der Waals surface area contributed by atoms with Crippen molar-refractivity contribution in [2.45, 2.75) is 19.5 Å². The molecule has 0 spiro atoms. The predicted molar refractivity (Wildman–Crippen MR) is 96.8 cm³/mol. The fourth-order valence-corrected chi connectivity index (χ4v) is 2.93. The van der Waals surface area contributed by atoms with Crippen LogP contribution in [0.25, 0.3) is 11.0 Å². The highest BCUT2D eigenvalue weighted by Crippen LogP contribution is 2.23. The first-order valence-corrected chi connectivity index (χ1v) is 8.38. The Morgan fingerprint density at radius 1 is 1.07 bits per heavy atom. The number of aryl methyl sites for hydroxylation is 1. The third-order valence-corrected chi connectivity index (χ3v) is 4.35. The van der Waals surface area contributed by atoms with Gasteiger partial charge in [0.15, 0.2) is 0 Å². The van der Waals surface area contributed by atoms with E-state index in [0.29, 0.717) is 11.1 Å². The molecule has 1 aromatic heterocycles. The van der Waals surface area contributed by atoms with E-state index in [2.05, 4.69) is 4.74 Å². The van der Waals surface area contributed by atoms with Crippen LogP contribution < -0.4 is 10.4 Å². The number of carbonyl (C=O) groups excluding carboxylic acids is 1. The molecule has 0 saturated heterocycles. The molecule has 28 heavy (non-hydrogen) atoms. The van der Waals surface area contributed by atoms with Crippen molar-refractivity contribution in [2.24, 2.45) is 7.05 Å². The number of hydrogen-bond donors (Lipinski definition) is 0. The normalized spacial score (nSPS) is 11.6. The van der Waals surface area contributed by atoms with Crippen molar-refractivity contribution in [2.75, 3.05) is 7.05 Å². The van der Waals surface area contributed by atoms with Gasteiger partial charge in [-0.2, -0.15) is 0 Å². The number of hydrogen-bond acceptors (Lipinski definition) is 3. The highest BCUT2D eigenvalue weighted by molar-refractivity contribution is 5.80. The molecule has 0 N–H and O–H groups in total. The second-order valence-corrected chi connectivity index (χ2v) is 6.36. The van der Waals surface area contributed by atoms with Crippen molar-refractivity contribution in [3.8, 4) is 5.75 Å². The van der Waals surface area contributed by atoms with E-state index in [4.69, 9.17) is 0 Å². The highest BCUT2D eigenvalue weighted by Gasteiger charge is 2.31. The molecular formula is C19H18F3N3O3. The van der Waals surface area contributed by atoms with Gasteiger partial charge in [0.05, 0.1) is 11.0 Å². The number of carbonyl (C=O) groups is 1. The molecule has 6 nitrogen and oxygen atoms in total. The van der Waals surface area contributed by atoms with E-state index in [0.717, 1.165) is 5.52 Å². The van der Waals surface area contributed by atoms with Crippen LogP contribution in [-0.2, 0) is 24.9 Å². The number of aromatic nitrogens is 2. The average molecular weight is 393 g/mol. The maximum absolute atomic E-state index is 12.6. The average Bonchev–Trinajstić information content (AvgIpc) is 2.87. The SMILES string of the molecule is CN(Cc1ccc(OC(F)(F)F)cc1)C(=O)Cn1c(=O)n(C)c2ccccc21. The third kappa shape index (κ3) is 4.19. The number of amides is 1. The van der Waals surface area contributed by atoms with Crippen LogP contribution in [0.3, 0.4) is 0 Å². The number of benzene rings is 2. The van der Waals surface area contributed by atoms with E-state index in [9.17, 15) is 22.8 Å². The smallest absolute Gasteiger partial charge is 0.406 e. The summed E-state index contributed by atoms with van der Waals surface area (Å²) in [4.78, 5) is 26.4. The van der Waals surface area contributed by atoms with E-state index in [1.807, 2.05) is 6.07 Å². The molecular weight excluding hydrogens is 375 g/mol. The lowest BCUT2D eigenvalue weighted by Gasteiger charge is -2.18. The summed E-state index contributed by atoms with van der Waals surface area (Å²) in [7, 11) is 3.21. The Morgan fingerprint density at radius 3 is 2.29 bits per heavy atom. The molecule has 0 saturated carbocycles. The summed E-state index contributed by atoms with van der Waals surface area (Å²) in [6.07, 6.45) is -4.75. The molecule has 1 amide bonds. The van der Waals surface area contributed by atoms with E-state index >= 15 is 0 Å². The van der Waals surface area contributed by atoms with E-state index in [1.165, 1.54) is 38.3 Å². The first-order chi connectivity index (χ1) is 13.2. The molecule has 9 heteroatoms. The quantitative estimate of drug-likeness (QED) is 0.670. The lowest BCUT2D eigenvalue weighted by molar-refractivity contribution is -0.274. The number of ether oxygens (including phenoxy) is 1. The minimum Gasteiger partial charge on any atom is -0.406 e. The van der Waals surface area contributed by atoms with Gasteiger partial charge in [0.25, 0.3) is 0 Å². The van der Waals surface area contributed by atoms with E-state index in [1.54, 1.807) is 32.3 Å². The van der Waals surface area contributed by atoms with Crippen molar-refractivity contribution >= 4 is 16.9 Å². The minimum absolute atomic E-state index is 0.133. The topological polar surface area (TPSA) is 56.5 Å². The first kappa shape index (κ1) is 19.5. The van der Waals surface area contributed by atoms with Crippen molar-refractivity contribution in [3.05, 3.63) is 64.6 Å². The van der Waals surface area contributed by atoms with Crippen LogP contribution in [0.15, 0.2) is 53.3 Å². The Labute approximate surface area is 158 Å². The number of para-hydroxylation sites is 2. The molecule has 0 fully saturated rings. The number of imidazole rings is 1. The fourth-order valence-electron chi connectivity index (χ4n) is 2.93. The zero-order valence-electron chi connectivity index (χ0n) is 15.2. The van der Waals surface area contributed by atoms with Crippen molar-refractivity contribution < 1.29 is 22.7 Å². The van der Waals surface area contributed by atoms with Crippen LogP contribution in [-0.4, -0.2) is 33.4 Å². The predicted octanol–water partition coefficient (Wildman–Crippen LogP) is 2.90. The van der Waals surface area contributed by atoms with Crippen LogP contribution >= 0.6 is 0 Å². The number of nitrogens with zero attached hydrogens (tertiary/aromatic N) is 3. The Morgan fingerprint density at radius 2 is 1.68 bits per heavy atom. The molecule has 0 aliphatic heterocycles. The van der Waals surface area contributed by atoms with Gasteiger partial charge in [-0.1, -0.05) is 24.3 Å². The lowest BCUT2D eigenvalue weighted by atomic mass is 10.2. The number of fused-ring (bicyclic) bond motifs is 1. The Kier molecular flexibility index (Phi) is 5.17.